The van der Waals surface area contributed by atoms with Gasteiger partial charge in [-0.3, -0.25) is 19.4 Å². The van der Waals surface area contributed by atoms with E-state index in [1.54, 1.807) is 0 Å². The maximum absolute atomic E-state index is 14.2. The summed E-state index contributed by atoms with van der Waals surface area (Å²) in [5, 5.41) is 12.4. The summed E-state index contributed by atoms with van der Waals surface area (Å²) in [4.78, 5) is 79.1. The Morgan fingerprint density at radius 1 is 0.542 bits per heavy atom. The second-order valence-electron chi connectivity index (χ2n) is 18.1. The molecule has 1 N–H and O–H groups in total. The lowest BCUT2D eigenvalue weighted by Gasteiger charge is -2.46. The molecule has 12 heteroatoms. The molecule has 0 amide bonds. The monoisotopic (exact) mass is 810 g/mol. The summed E-state index contributed by atoms with van der Waals surface area (Å²) < 4.78 is 19.6. The third kappa shape index (κ3) is 7.05. The molecule has 4 bridgehead atoms. The van der Waals surface area contributed by atoms with Crippen molar-refractivity contribution in [3.63, 3.8) is 0 Å². The van der Waals surface area contributed by atoms with Gasteiger partial charge < -0.3 is 19.3 Å². The smallest absolute Gasteiger partial charge is 0.356 e. The molecule has 8 rings (SSSR count). The first-order valence-electron chi connectivity index (χ1n) is 20.8. The fourth-order valence-electron chi connectivity index (χ4n) is 10.9. The highest BCUT2D eigenvalue weighted by Crippen LogP contribution is 2.65. The Morgan fingerprint density at radius 2 is 0.881 bits per heavy atom. The Morgan fingerprint density at radius 3 is 1.19 bits per heavy atom. The van der Waals surface area contributed by atoms with Crippen LogP contribution in [-0.2, 0) is 72.8 Å². The molecule has 314 valence electrons. The molecule has 0 aromatic heterocycles. The van der Waals surface area contributed by atoms with Gasteiger partial charge in [-0.05, 0) is 65.0 Å². The molecule has 0 radical (unpaired) electrons. The topological polar surface area (TPSA) is 153 Å². The second kappa shape index (κ2) is 16.3. The molecule has 5 fully saturated rings. The van der Waals surface area contributed by atoms with Crippen molar-refractivity contribution in [2.24, 2.45) is 33.5 Å². The van der Waals surface area contributed by atoms with E-state index in [2.05, 4.69) is 0 Å². The highest BCUT2D eigenvalue weighted by Gasteiger charge is 2.71. The zero-order chi connectivity index (χ0) is 41.6. The lowest BCUT2D eigenvalue weighted by Crippen LogP contribution is -2.67. The first-order chi connectivity index (χ1) is 28.3. The third-order valence-electron chi connectivity index (χ3n) is 14.8. The van der Waals surface area contributed by atoms with Gasteiger partial charge in [0, 0.05) is 12.8 Å². The van der Waals surface area contributed by atoms with Crippen LogP contribution < -0.4 is 0 Å². The first-order valence-corrected chi connectivity index (χ1v) is 20.8. The van der Waals surface area contributed by atoms with Crippen molar-refractivity contribution in [1.82, 2.24) is 0 Å². The molecule has 0 aliphatic heterocycles. The minimum atomic E-state index is -1.54. The van der Waals surface area contributed by atoms with E-state index in [1.807, 2.05) is 119 Å². The quantitative estimate of drug-likeness (QED) is 0.100. The number of rotatable bonds is 15. The maximum Gasteiger partial charge on any atom is 0.356 e. The molecule has 0 saturated heterocycles. The van der Waals surface area contributed by atoms with Crippen LogP contribution in [0.3, 0.4) is 0 Å². The van der Waals surface area contributed by atoms with Gasteiger partial charge in [0.1, 0.15) is 35.2 Å². The number of carbonyl (C=O) groups excluding carboxylic acids is 4. The highest BCUT2D eigenvalue weighted by atomic mass is 17.2. The summed E-state index contributed by atoms with van der Waals surface area (Å²) in [5.74, 6) is -1.97. The Kier molecular flexibility index (Phi) is 11.4. The van der Waals surface area contributed by atoms with Gasteiger partial charge in [0.25, 0.3) is 0 Å². The number of fused-ring (bicyclic) bond motifs is 4. The summed E-state index contributed by atoms with van der Waals surface area (Å²) in [5.41, 5.74) is -1.78. The summed E-state index contributed by atoms with van der Waals surface area (Å²) in [6, 6.07) is 28.0. The fourth-order valence-corrected chi connectivity index (χ4v) is 10.9. The van der Waals surface area contributed by atoms with Crippen LogP contribution in [0.2, 0.25) is 0 Å². The van der Waals surface area contributed by atoms with Crippen LogP contribution in [0, 0.1) is 33.5 Å². The molecule has 5 aliphatic rings. The standard InChI is InChI=1S/C47H54O12/c1-44(2)32-20-22-46(44,34(48)24-32)42(51)58-56-40-37(53-26-29-14-8-5-9-15-29)36(50)38(54-27-30-16-10-6-11-17-30)41(39(40)55-28-31-18-12-7-13-19-31)57-59-43(52)47-23-21-33(25-35(47)49)45(47,3)4/h5-19,32-33,36-41,50H,20-28H2,1-4H3/t32-,33-,36?,37-,38+,39?,40+,41-,46+,47+/m1/s1. The Labute approximate surface area is 344 Å². The summed E-state index contributed by atoms with van der Waals surface area (Å²) >= 11 is 0. The van der Waals surface area contributed by atoms with Crippen LogP contribution in [0.15, 0.2) is 91.0 Å². The predicted molar refractivity (Wildman–Crippen MR) is 210 cm³/mol. The van der Waals surface area contributed by atoms with Gasteiger partial charge in [0.05, 0.1) is 19.8 Å². The van der Waals surface area contributed by atoms with Gasteiger partial charge in [-0.1, -0.05) is 119 Å². The second-order valence-corrected chi connectivity index (χ2v) is 18.1. The minimum Gasteiger partial charge on any atom is -0.387 e. The van der Waals surface area contributed by atoms with Gasteiger partial charge >= 0.3 is 11.9 Å². The van der Waals surface area contributed by atoms with Crippen LogP contribution >= 0.6 is 0 Å². The van der Waals surface area contributed by atoms with E-state index >= 15 is 0 Å². The zero-order valence-corrected chi connectivity index (χ0v) is 34.1. The molecular weight excluding hydrogens is 757 g/mol. The zero-order valence-electron chi connectivity index (χ0n) is 34.1. The normalized spacial score (nSPS) is 33.9. The van der Waals surface area contributed by atoms with Gasteiger partial charge in [-0.2, -0.15) is 9.78 Å². The molecule has 5 saturated carbocycles. The molecule has 3 aromatic rings. The number of aliphatic hydroxyl groups is 1. The number of carbonyl (C=O) groups is 4. The molecule has 0 heterocycles. The van der Waals surface area contributed by atoms with Gasteiger partial charge in [-0.15, -0.1) is 0 Å². The van der Waals surface area contributed by atoms with Crippen molar-refractivity contribution >= 4 is 23.5 Å². The van der Waals surface area contributed by atoms with Crippen molar-refractivity contribution in [2.45, 2.75) is 123 Å². The van der Waals surface area contributed by atoms with E-state index in [0.717, 1.165) is 16.7 Å². The SMILES string of the molecule is CC1(C)[C@@H]2CC[C@@]1(C(=O)OO[C@@H]1C(OCc3ccccc3)[C@H](OOC(=O)[C@]34CC[C@H](CC3=O)C4(C)C)[C@@H](OCc3ccccc3)C(O)[C@H]1OCc1ccccc1)C(=O)C2. The number of benzene rings is 3. The average Bonchev–Trinajstić information content (AvgIpc) is 3.80. The predicted octanol–water partition coefficient (Wildman–Crippen LogP) is 6.59. The molecule has 10 atom stereocenters. The van der Waals surface area contributed by atoms with Crippen molar-refractivity contribution in [2.75, 3.05) is 0 Å². The van der Waals surface area contributed by atoms with Crippen molar-refractivity contribution in [3.05, 3.63) is 108 Å². The molecule has 12 nitrogen and oxygen atoms in total. The Balaban J connectivity index is 1.16. The Bertz CT molecular complexity index is 1880. The number of hydrogen-bond acceptors (Lipinski definition) is 12. The fraction of sp³-hybridized carbons (Fsp3) is 0.532. The van der Waals surface area contributed by atoms with Gasteiger partial charge in [-0.25, -0.2) is 9.59 Å². The lowest BCUT2D eigenvalue weighted by molar-refractivity contribution is -0.403. The summed E-state index contributed by atoms with van der Waals surface area (Å²) in [7, 11) is 0. The molecule has 5 aliphatic carbocycles. The number of Topliss-reactive ketones (excluding diaryl/α,β-unsaturated/α-hetero) is 2. The van der Waals surface area contributed by atoms with E-state index in [1.165, 1.54) is 0 Å². The molecule has 59 heavy (non-hydrogen) atoms. The average molecular weight is 811 g/mol. The van der Waals surface area contributed by atoms with Crippen LogP contribution in [-0.4, -0.2) is 65.2 Å². The van der Waals surface area contributed by atoms with Gasteiger partial charge in [0.2, 0.25) is 0 Å². The number of ether oxygens (including phenoxy) is 3. The summed E-state index contributed by atoms with van der Waals surface area (Å²) in [6.07, 6.45) is -5.58. The third-order valence-corrected chi connectivity index (χ3v) is 14.8. The van der Waals surface area contributed by atoms with Crippen LogP contribution in [0.25, 0.3) is 0 Å². The maximum atomic E-state index is 14.2. The molecule has 3 aromatic carbocycles. The molecule has 2 unspecified atom stereocenters. The van der Waals surface area contributed by atoms with Crippen molar-refractivity contribution in [1.29, 1.82) is 0 Å². The highest BCUT2D eigenvalue weighted by molar-refractivity contribution is 6.08. The van der Waals surface area contributed by atoms with E-state index in [9.17, 15) is 24.3 Å². The van der Waals surface area contributed by atoms with Crippen LogP contribution in [0.5, 0.6) is 0 Å². The first kappa shape index (κ1) is 41.4. The van der Waals surface area contributed by atoms with E-state index in [-0.39, 0.29) is 56.1 Å². The van der Waals surface area contributed by atoms with E-state index in [4.69, 9.17) is 33.8 Å². The van der Waals surface area contributed by atoms with Crippen molar-refractivity contribution in [3.8, 4) is 0 Å². The number of aliphatic hydroxyl groups excluding tert-OH is 1. The molecular formula is C47H54O12. The van der Waals surface area contributed by atoms with E-state index < -0.39 is 70.2 Å². The van der Waals surface area contributed by atoms with E-state index in [0.29, 0.717) is 25.7 Å². The minimum absolute atomic E-state index is 0.00566. The molecule has 0 spiro atoms. The number of ketones is 2. The van der Waals surface area contributed by atoms with Gasteiger partial charge in [0.15, 0.2) is 23.8 Å². The Hall–Kier alpha value is -4.30. The lowest BCUT2D eigenvalue weighted by atomic mass is 9.69. The summed E-state index contributed by atoms with van der Waals surface area (Å²) in [6.45, 7) is 7.68. The van der Waals surface area contributed by atoms with Crippen molar-refractivity contribution < 1.29 is 58.0 Å². The van der Waals surface area contributed by atoms with Crippen LogP contribution in [0.1, 0.15) is 82.9 Å². The number of hydrogen-bond donors (Lipinski definition) is 1. The van der Waals surface area contributed by atoms with Crippen LogP contribution in [0.4, 0.5) is 0 Å². The largest absolute Gasteiger partial charge is 0.387 e.